The first kappa shape index (κ1) is 14.9. The van der Waals surface area contributed by atoms with E-state index in [9.17, 15) is 13.2 Å². The number of amides is 1. The summed E-state index contributed by atoms with van der Waals surface area (Å²) in [4.78, 5) is 12.9. The second-order valence-electron chi connectivity index (χ2n) is 4.99. The zero-order valence-electron chi connectivity index (χ0n) is 11.3. The van der Waals surface area contributed by atoms with Crippen molar-refractivity contribution in [2.24, 2.45) is 12.8 Å². The number of nitrogens with zero attached hydrogens (tertiary/aromatic N) is 3. The predicted molar refractivity (Wildman–Crippen MR) is 72.2 cm³/mol. The van der Waals surface area contributed by atoms with E-state index in [4.69, 9.17) is 5.73 Å². The fourth-order valence-corrected chi connectivity index (χ4v) is 3.54. The average Bonchev–Trinajstić information content (AvgIpc) is 2.78. The van der Waals surface area contributed by atoms with Crippen LogP contribution in [0.3, 0.4) is 0 Å². The highest BCUT2D eigenvalue weighted by molar-refractivity contribution is 7.89. The van der Waals surface area contributed by atoms with Crippen molar-refractivity contribution in [3.05, 3.63) is 12.4 Å². The number of piperidine rings is 1. The number of hydrogen-bond acceptors (Lipinski definition) is 5. The molecule has 0 radical (unpaired) electrons. The third kappa shape index (κ3) is 3.78. The predicted octanol–water partition coefficient (Wildman–Crippen LogP) is -1.35. The van der Waals surface area contributed by atoms with Crippen LogP contribution in [0.5, 0.6) is 0 Å². The van der Waals surface area contributed by atoms with E-state index in [0.717, 1.165) is 0 Å². The smallest absolute Gasteiger partial charge is 0.243 e. The van der Waals surface area contributed by atoms with Gasteiger partial charge in [-0.3, -0.25) is 14.4 Å². The summed E-state index contributed by atoms with van der Waals surface area (Å²) in [5, 5.41) is 3.86. The normalized spacial score (nSPS) is 18.2. The molecule has 3 N–H and O–H groups in total. The number of rotatable bonds is 5. The molecular formula is C11H19N5O3S. The minimum absolute atomic E-state index is 0.121. The SMILES string of the molecule is Cn1cc(S(=O)(=O)NC2CCN(CC(N)=O)CC2)cn1. The zero-order valence-corrected chi connectivity index (χ0v) is 12.1. The van der Waals surface area contributed by atoms with Gasteiger partial charge in [0.05, 0.1) is 12.7 Å². The van der Waals surface area contributed by atoms with Crippen molar-refractivity contribution in [2.75, 3.05) is 19.6 Å². The molecule has 2 heterocycles. The molecule has 2 rings (SSSR count). The Labute approximate surface area is 118 Å². The number of carbonyl (C=O) groups is 1. The molecule has 1 saturated heterocycles. The number of hydrogen-bond donors (Lipinski definition) is 2. The van der Waals surface area contributed by atoms with Crippen molar-refractivity contribution < 1.29 is 13.2 Å². The Bertz CT molecular complexity index is 575. The van der Waals surface area contributed by atoms with Crippen LogP contribution in [-0.2, 0) is 21.9 Å². The standard InChI is InChI=1S/C11H19N5O3S/c1-15-7-10(6-13-15)20(18,19)14-9-2-4-16(5-3-9)8-11(12)17/h6-7,9,14H,2-5,8H2,1H3,(H2,12,17). The average molecular weight is 301 g/mol. The molecule has 9 heteroatoms. The van der Waals surface area contributed by atoms with Crippen LogP contribution in [0.4, 0.5) is 0 Å². The van der Waals surface area contributed by atoms with Crippen LogP contribution < -0.4 is 10.5 Å². The van der Waals surface area contributed by atoms with Crippen LogP contribution in [0, 0.1) is 0 Å². The van der Waals surface area contributed by atoms with Gasteiger partial charge in [-0.05, 0) is 12.8 Å². The molecule has 0 unspecified atom stereocenters. The van der Waals surface area contributed by atoms with Crippen molar-refractivity contribution in [2.45, 2.75) is 23.8 Å². The summed E-state index contributed by atoms with van der Waals surface area (Å²) in [7, 11) is -1.86. The van der Waals surface area contributed by atoms with Crippen LogP contribution in [0.25, 0.3) is 0 Å². The lowest BCUT2D eigenvalue weighted by Crippen LogP contribution is -2.46. The maximum Gasteiger partial charge on any atom is 0.243 e. The monoisotopic (exact) mass is 301 g/mol. The lowest BCUT2D eigenvalue weighted by molar-refractivity contribution is -0.119. The number of likely N-dealkylation sites (tertiary alicyclic amines) is 1. The molecule has 112 valence electrons. The summed E-state index contributed by atoms with van der Waals surface area (Å²) in [5.74, 6) is -0.362. The molecule has 1 amide bonds. The molecule has 0 bridgehead atoms. The second kappa shape index (κ2) is 5.90. The molecule has 0 aromatic carbocycles. The quantitative estimate of drug-likeness (QED) is 0.698. The summed E-state index contributed by atoms with van der Waals surface area (Å²) in [6.07, 6.45) is 4.11. The van der Waals surface area contributed by atoms with Crippen LogP contribution in [0.15, 0.2) is 17.3 Å². The fraction of sp³-hybridized carbons (Fsp3) is 0.636. The maximum atomic E-state index is 12.1. The molecule has 1 aromatic rings. The number of primary amides is 1. The highest BCUT2D eigenvalue weighted by Crippen LogP contribution is 2.14. The Morgan fingerprint density at radius 1 is 1.50 bits per heavy atom. The van der Waals surface area contributed by atoms with Gasteiger partial charge in [-0.25, -0.2) is 13.1 Å². The molecule has 1 aliphatic heterocycles. The van der Waals surface area contributed by atoms with Gasteiger partial charge in [-0.15, -0.1) is 0 Å². The summed E-state index contributed by atoms with van der Waals surface area (Å²) in [5.41, 5.74) is 5.14. The van der Waals surface area contributed by atoms with Crippen LogP contribution in [0.2, 0.25) is 0 Å². The summed E-state index contributed by atoms with van der Waals surface area (Å²) >= 11 is 0. The molecular weight excluding hydrogens is 282 g/mol. The van der Waals surface area contributed by atoms with Gasteiger partial charge in [-0.1, -0.05) is 0 Å². The highest BCUT2D eigenvalue weighted by Gasteiger charge is 2.25. The molecule has 8 nitrogen and oxygen atoms in total. The van der Waals surface area contributed by atoms with E-state index in [0.29, 0.717) is 25.9 Å². The first-order valence-electron chi connectivity index (χ1n) is 6.38. The van der Waals surface area contributed by atoms with Crippen molar-refractivity contribution in [3.63, 3.8) is 0 Å². The largest absolute Gasteiger partial charge is 0.369 e. The Morgan fingerprint density at radius 3 is 2.65 bits per heavy atom. The van der Waals surface area contributed by atoms with Gasteiger partial charge in [0.15, 0.2) is 0 Å². The molecule has 0 aliphatic carbocycles. The van der Waals surface area contributed by atoms with Gasteiger partial charge < -0.3 is 5.73 Å². The van der Waals surface area contributed by atoms with Gasteiger partial charge >= 0.3 is 0 Å². The summed E-state index contributed by atoms with van der Waals surface area (Å²) < 4.78 is 28.4. The van der Waals surface area contributed by atoms with Crippen molar-refractivity contribution >= 4 is 15.9 Å². The molecule has 0 atom stereocenters. The minimum Gasteiger partial charge on any atom is -0.369 e. The topological polar surface area (TPSA) is 110 Å². The first-order valence-corrected chi connectivity index (χ1v) is 7.87. The van der Waals surface area contributed by atoms with E-state index in [1.54, 1.807) is 7.05 Å². The molecule has 0 saturated carbocycles. The van der Waals surface area contributed by atoms with Crippen molar-refractivity contribution in [1.29, 1.82) is 0 Å². The van der Waals surface area contributed by atoms with Crippen LogP contribution >= 0.6 is 0 Å². The van der Waals surface area contributed by atoms with E-state index >= 15 is 0 Å². The van der Waals surface area contributed by atoms with Crippen LogP contribution in [-0.4, -0.2) is 54.7 Å². The zero-order chi connectivity index (χ0) is 14.8. The van der Waals surface area contributed by atoms with Crippen molar-refractivity contribution in [3.8, 4) is 0 Å². The third-order valence-electron chi connectivity index (χ3n) is 3.28. The Morgan fingerprint density at radius 2 is 2.15 bits per heavy atom. The van der Waals surface area contributed by atoms with Gasteiger partial charge in [0.2, 0.25) is 15.9 Å². The van der Waals surface area contributed by atoms with E-state index in [1.165, 1.54) is 17.1 Å². The number of sulfonamides is 1. The molecule has 20 heavy (non-hydrogen) atoms. The maximum absolute atomic E-state index is 12.1. The lowest BCUT2D eigenvalue weighted by Gasteiger charge is -2.31. The first-order chi connectivity index (χ1) is 9.37. The molecule has 1 aromatic heterocycles. The number of aryl methyl sites for hydroxylation is 1. The van der Waals surface area contributed by atoms with E-state index in [-0.39, 0.29) is 23.4 Å². The molecule has 1 aliphatic rings. The number of nitrogens with one attached hydrogen (secondary N) is 1. The van der Waals surface area contributed by atoms with Gasteiger partial charge in [0, 0.05) is 32.4 Å². The van der Waals surface area contributed by atoms with Crippen molar-refractivity contribution in [1.82, 2.24) is 19.4 Å². The van der Waals surface area contributed by atoms with Gasteiger partial charge in [0.1, 0.15) is 4.90 Å². The summed E-state index contributed by atoms with van der Waals surface area (Å²) in [6, 6.07) is -0.121. The highest BCUT2D eigenvalue weighted by atomic mass is 32.2. The second-order valence-corrected chi connectivity index (χ2v) is 6.70. The molecule has 0 spiro atoms. The minimum atomic E-state index is -3.52. The Balaban J connectivity index is 1.91. The number of aromatic nitrogens is 2. The third-order valence-corrected chi connectivity index (χ3v) is 4.76. The lowest BCUT2D eigenvalue weighted by atomic mass is 10.1. The van der Waals surface area contributed by atoms with E-state index < -0.39 is 10.0 Å². The Hall–Kier alpha value is -1.45. The van der Waals surface area contributed by atoms with E-state index in [2.05, 4.69) is 9.82 Å². The molecule has 1 fully saturated rings. The van der Waals surface area contributed by atoms with Crippen LogP contribution in [0.1, 0.15) is 12.8 Å². The summed E-state index contributed by atoms with van der Waals surface area (Å²) in [6.45, 7) is 1.54. The fourth-order valence-electron chi connectivity index (χ4n) is 2.25. The van der Waals surface area contributed by atoms with Gasteiger partial charge in [-0.2, -0.15) is 5.10 Å². The number of nitrogens with two attached hydrogens (primary N) is 1. The van der Waals surface area contributed by atoms with Gasteiger partial charge in [0.25, 0.3) is 0 Å². The Kier molecular flexibility index (Phi) is 4.41. The number of carbonyl (C=O) groups excluding carboxylic acids is 1. The van der Waals surface area contributed by atoms with E-state index in [1.807, 2.05) is 4.90 Å².